The molecule has 2 aromatic rings. The number of hydrazone groups is 1. The summed E-state index contributed by atoms with van der Waals surface area (Å²) in [6.07, 6.45) is 2.89. The zero-order valence-electron chi connectivity index (χ0n) is 13.7. The SMILES string of the molecule is O=C(O)CNc1ccccc1C(=O)N1CCN(/N=C/c2ccco2)C1=O. The van der Waals surface area contributed by atoms with Gasteiger partial charge in [-0.15, -0.1) is 0 Å². The molecule has 134 valence electrons. The lowest BCUT2D eigenvalue weighted by molar-refractivity contribution is -0.134. The average Bonchev–Trinajstić information content (AvgIpc) is 3.27. The molecule has 1 aliphatic heterocycles. The lowest BCUT2D eigenvalue weighted by atomic mass is 10.1. The lowest BCUT2D eigenvalue weighted by Gasteiger charge is -2.16. The van der Waals surface area contributed by atoms with Gasteiger partial charge in [0.25, 0.3) is 5.91 Å². The molecule has 1 saturated heterocycles. The first-order chi connectivity index (χ1) is 12.6. The van der Waals surface area contributed by atoms with Crippen LogP contribution >= 0.6 is 0 Å². The summed E-state index contributed by atoms with van der Waals surface area (Å²) < 4.78 is 5.11. The molecule has 0 aliphatic carbocycles. The normalized spacial score (nSPS) is 14.2. The van der Waals surface area contributed by atoms with Crippen LogP contribution in [0.4, 0.5) is 10.5 Å². The highest BCUT2D eigenvalue weighted by Gasteiger charge is 2.34. The summed E-state index contributed by atoms with van der Waals surface area (Å²) in [5.74, 6) is -1.08. The van der Waals surface area contributed by atoms with Gasteiger partial charge < -0.3 is 14.8 Å². The molecule has 1 aliphatic rings. The van der Waals surface area contributed by atoms with Gasteiger partial charge in [-0.3, -0.25) is 14.5 Å². The van der Waals surface area contributed by atoms with Crippen LogP contribution in [0.25, 0.3) is 0 Å². The number of nitrogens with one attached hydrogen (secondary N) is 1. The topological polar surface area (TPSA) is 115 Å². The van der Waals surface area contributed by atoms with E-state index in [1.165, 1.54) is 23.6 Å². The smallest absolute Gasteiger partial charge is 0.347 e. The van der Waals surface area contributed by atoms with Gasteiger partial charge in [0.1, 0.15) is 12.3 Å². The number of nitrogens with zero attached hydrogens (tertiary/aromatic N) is 3. The molecule has 3 rings (SSSR count). The Hall–Kier alpha value is -3.62. The standard InChI is InChI=1S/C17H16N4O5/c22-15(23)11-18-14-6-2-1-5-13(14)16(24)20-7-8-21(17(20)25)19-10-12-4-3-9-26-12/h1-6,9-10,18H,7-8,11H2,(H,22,23)/b19-10+. The minimum atomic E-state index is -1.05. The number of carboxylic acids is 1. The number of furan rings is 1. The highest BCUT2D eigenvalue weighted by atomic mass is 16.4. The number of anilines is 1. The van der Waals surface area contributed by atoms with Crippen molar-refractivity contribution in [2.24, 2.45) is 5.10 Å². The molecular weight excluding hydrogens is 340 g/mol. The number of hydrogen-bond donors (Lipinski definition) is 2. The van der Waals surface area contributed by atoms with Crippen LogP contribution in [0.1, 0.15) is 16.1 Å². The number of carbonyl (C=O) groups is 3. The maximum Gasteiger partial charge on any atom is 0.347 e. The molecule has 26 heavy (non-hydrogen) atoms. The zero-order chi connectivity index (χ0) is 18.5. The van der Waals surface area contributed by atoms with Crippen molar-refractivity contribution in [3.8, 4) is 0 Å². The first kappa shape index (κ1) is 17.2. The predicted octanol–water partition coefficient (Wildman–Crippen LogP) is 1.69. The molecule has 1 aromatic carbocycles. The van der Waals surface area contributed by atoms with Crippen molar-refractivity contribution >= 4 is 29.8 Å². The van der Waals surface area contributed by atoms with E-state index < -0.39 is 17.9 Å². The molecule has 3 amide bonds. The number of benzene rings is 1. The maximum absolute atomic E-state index is 12.7. The van der Waals surface area contributed by atoms with Crippen molar-refractivity contribution in [2.45, 2.75) is 0 Å². The van der Waals surface area contributed by atoms with Crippen LogP contribution < -0.4 is 5.32 Å². The number of para-hydroxylation sites is 1. The Balaban J connectivity index is 1.73. The Morgan fingerprint density at radius 1 is 1.23 bits per heavy atom. The van der Waals surface area contributed by atoms with Crippen molar-refractivity contribution in [1.82, 2.24) is 9.91 Å². The second-order valence-electron chi connectivity index (χ2n) is 5.42. The first-order valence-electron chi connectivity index (χ1n) is 7.82. The summed E-state index contributed by atoms with van der Waals surface area (Å²) in [6.45, 7) is 0.102. The molecule has 0 spiro atoms. The molecule has 0 saturated carbocycles. The Morgan fingerprint density at radius 3 is 2.77 bits per heavy atom. The molecule has 0 atom stereocenters. The molecule has 1 aromatic heterocycles. The third-order valence-electron chi connectivity index (χ3n) is 3.69. The molecule has 0 unspecified atom stereocenters. The predicted molar refractivity (Wildman–Crippen MR) is 92.0 cm³/mol. The number of urea groups is 1. The fourth-order valence-corrected chi connectivity index (χ4v) is 2.45. The van der Waals surface area contributed by atoms with Gasteiger partial charge >= 0.3 is 12.0 Å². The molecule has 1 fully saturated rings. The molecule has 2 N–H and O–H groups in total. The van der Waals surface area contributed by atoms with Crippen LogP contribution in [0.3, 0.4) is 0 Å². The van der Waals surface area contributed by atoms with Gasteiger partial charge in [0, 0.05) is 5.69 Å². The Bertz CT molecular complexity index is 847. The fourth-order valence-electron chi connectivity index (χ4n) is 2.45. The van der Waals surface area contributed by atoms with Gasteiger partial charge in [0.2, 0.25) is 0 Å². The average molecular weight is 356 g/mol. The van der Waals surface area contributed by atoms with E-state index >= 15 is 0 Å². The third-order valence-corrected chi connectivity index (χ3v) is 3.69. The summed E-state index contributed by atoms with van der Waals surface area (Å²) in [4.78, 5) is 37.0. The molecule has 9 nitrogen and oxygen atoms in total. The van der Waals surface area contributed by atoms with Crippen molar-refractivity contribution < 1.29 is 23.9 Å². The highest BCUT2D eigenvalue weighted by Crippen LogP contribution is 2.20. The van der Waals surface area contributed by atoms with Gasteiger partial charge in [0.05, 0.1) is 31.1 Å². The van der Waals surface area contributed by atoms with Crippen LogP contribution in [0.15, 0.2) is 52.2 Å². The number of carboxylic acid groups (broad SMARTS) is 1. The first-order valence-corrected chi connectivity index (χ1v) is 7.82. The molecular formula is C17H16N4O5. The van der Waals surface area contributed by atoms with Gasteiger partial charge in [-0.2, -0.15) is 5.10 Å². The molecule has 9 heteroatoms. The van der Waals surface area contributed by atoms with Crippen molar-refractivity contribution in [3.63, 3.8) is 0 Å². The van der Waals surface area contributed by atoms with Crippen LogP contribution in [0.5, 0.6) is 0 Å². The van der Waals surface area contributed by atoms with Gasteiger partial charge in [-0.05, 0) is 24.3 Å². The summed E-state index contributed by atoms with van der Waals surface area (Å²) in [5, 5.41) is 16.7. The van der Waals surface area contributed by atoms with E-state index in [0.717, 1.165) is 4.90 Å². The van der Waals surface area contributed by atoms with Gasteiger partial charge in [-0.25, -0.2) is 9.80 Å². The van der Waals surface area contributed by atoms with Crippen molar-refractivity contribution in [2.75, 3.05) is 25.0 Å². The van der Waals surface area contributed by atoms with Gasteiger partial charge in [0.15, 0.2) is 0 Å². The number of rotatable bonds is 6. The summed E-state index contributed by atoms with van der Waals surface area (Å²) in [7, 11) is 0. The summed E-state index contributed by atoms with van der Waals surface area (Å²) in [5.41, 5.74) is 0.573. The number of carbonyl (C=O) groups excluding carboxylic acids is 2. The number of amides is 3. The highest BCUT2D eigenvalue weighted by molar-refractivity contribution is 6.08. The van der Waals surface area contributed by atoms with E-state index in [4.69, 9.17) is 9.52 Å². The Kier molecular flexibility index (Phi) is 4.97. The van der Waals surface area contributed by atoms with Gasteiger partial charge in [-0.1, -0.05) is 12.1 Å². The number of imide groups is 1. The van der Waals surface area contributed by atoms with E-state index in [1.54, 1.807) is 30.3 Å². The summed E-state index contributed by atoms with van der Waals surface area (Å²) in [6, 6.07) is 9.28. The quantitative estimate of drug-likeness (QED) is 0.761. The van der Waals surface area contributed by atoms with E-state index in [-0.39, 0.29) is 25.2 Å². The van der Waals surface area contributed by atoms with Crippen LogP contribution in [-0.2, 0) is 4.79 Å². The number of aliphatic carboxylic acids is 1. The second-order valence-corrected chi connectivity index (χ2v) is 5.42. The monoisotopic (exact) mass is 356 g/mol. The largest absolute Gasteiger partial charge is 0.480 e. The van der Waals surface area contributed by atoms with Crippen molar-refractivity contribution in [1.29, 1.82) is 0 Å². The van der Waals surface area contributed by atoms with Crippen LogP contribution in [0, 0.1) is 0 Å². The molecule has 0 bridgehead atoms. The van der Waals surface area contributed by atoms with Crippen LogP contribution in [-0.4, -0.2) is 58.8 Å². The van der Waals surface area contributed by atoms with E-state index in [9.17, 15) is 14.4 Å². The third kappa shape index (κ3) is 3.72. The Morgan fingerprint density at radius 2 is 2.04 bits per heavy atom. The van der Waals surface area contributed by atoms with E-state index in [0.29, 0.717) is 11.4 Å². The van der Waals surface area contributed by atoms with Crippen molar-refractivity contribution in [3.05, 3.63) is 54.0 Å². The molecule has 0 radical (unpaired) electrons. The minimum Gasteiger partial charge on any atom is -0.480 e. The summed E-state index contributed by atoms with van der Waals surface area (Å²) >= 11 is 0. The fraction of sp³-hybridized carbons (Fsp3) is 0.176. The lowest BCUT2D eigenvalue weighted by Crippen LogP contribution is -2.35. The maximum atomic E-state index is 12.7. The Labute approximate surface area is 148 Å². The number of hydrogen-bond acceptors (Lipinski definition) is 6. The minimum absolute atomic E-state index is 0.181. The second kappa shape index (κ2) is 7.51. The van der Waals surface area contributed by atoms with E-state index in [2.05, 4.69) is 10.4 Å². The zero-order valence-corrected chi connectivity index (χ0v) is 13.7. The van der Waals surface area contributed by atoms with E-state index in [1.807, 2.05) is 0 Å². The van der Waals surface area contributed by atoms with Crippen LogP contribution in [0.2, 0.25) is 0 Å². The molecule has 2 heterocycles.